The summed E-state index contributed by atoms with van der Waals surface area (Å²) >= 11 is 0. The number of hydrogen-bond acceptors (Lipinski definition) is 4. The molecule has 0 spiro atoms. The molecule has 0 saturated heterocycles. The van der Waals surface area contributed by atoms with Crippen molar-refractivity contribution in [2.24, 2.45) is 16.6 Å². The van der Waals surface area contributed by atoms with E-state index in [0.717, 1.165) is 5.57 Å². The maximum atomic E-state index is 9.44. The standard InChI is InChI=1S/C14H16N4/c1-4-10-6-13(3,5-2)14(8-16,9-17)12(18)11(10)7-15/h4H,5-6,18H2,1-3H3/b10-4-. The van der Waals surface area contributed by atoms with E-state index in [9.17, 15) is 15.8 Å². The number of nitriles is 3. The lowest BCUT2D eigenvalue weighted by atomic mass is 9.56. The van der Waals surface area contributed by atoms with E-state index >= 15 is 0 Å². The minimum atomic E-state index is -1.42. The Bertz CT molecular complexity index is 534. The van der Waals surface area contributed by atoms with Crippen LogP contribution in [-0.4, -0.2) is 0 Å². The van der Waals surface area contributed by atoms with E-state index in [2.05, 4.69) is 0 Å². The molecular formula is C14H16N4. The van der Waals surface area contributed by atoms with Crippen molar-refractivity contribution in [3.63, 3.8) is 0 Å². The van der Waals surface area contributed by atoms with Gasteiger partial charge in [-0.05, 0) is 25.3 Å². The number of rotatable bonds is 1. The van der Waals surface area contributed by atoms with Crippen molar-refractivity contribution in [1.29, 1.82) is 15.8 Å². The molecule has 0 heterocycles. The first-order valence-corrected chi connectivity index (χ1v) is 5.84. The minimum Gasteiger partial charge on any atom is -0.399 e. The van der Waals surface area contributed by atoms with Crippen LogP contribution in [0.3, 0.4) is 0 Å². The summed E-state index contributed by atoms with van der Waals surface area (Å²) in [6.07, 6.45) is 2.99. The van der Waals surface area contributed by atoms with Crippen molar-refractivity contribution in [1.82, 2.24) is 0 Å². The summed E-state index contributed by atoms with van der Waals surface area (Å²) in [6.45, 7) is 5.65. The number of allylic oxidation sites excluding steroid dienone is 4. The molecule has 0 radical (unpaired) electrons. The fourth-order valence-corrected chi connectivity index (χ4v) is 2.51. The first-order chi connectivity index (χ1) is 8.46. The number of hydrogen-bond donors (Lipinski definition) is 1. The first kappa shape index (κ1) is 13.8. The van der Waals surface area contributed by atoms with Crippen LogP contribution in [0.2, 0.25) is 0 Å². The van der Waals surface area contributed by atoms with Gasteiger partial charge in [0.25, 0.3) is 0 Å². The van der Waals surface area contributed by atoms with Crippen LogP contribution in [0.5, 0.6) is 0 Å². The van der Waals surface area contributed by atoms with E-state index in [1.54, 1.807) is 0 Å². The maximum Gasteiger partial charge on any atom is 0.189 e. The van der Waals surface area contributed by atoms with Crippen molar-refractivity contribution >= 4 is 0 Å². The lowest BCUT2D eigenvalue weighted by molar-refractivity contribution is 0.180. The third-order valence-corrected chi connectivity index (χ3v) is 4.06. The lowest BCUT2D eigenvalue weighted by Crippen LogP contribution is -2.45. The van der Waals surface area contributed by atoms with Gasteiger partial charge in [-0.1, -0.05) is 19.9 Å². The zero-order chi connectivity index (χ0) is 14.0. The highest BCUT2D eigenvalue weighted by Gasteiger charge is 2.54. The van der Waals surface area contributed by atoms with Gasteiger partial charge in [-0.3, -0.25) is 0 Å². The summed E-state index contributed by atoms with van der Waals surface area (Å²) < 4.78 is 0. The van der Waals surface area contributed by atoms with Crippen molar-refractivity contribution < 1.29 is 0 Å². The van der Waals surface area contributed by atoms with Crippen LogP contribution in [0.15, 0.2) is 22.9 Å². The summed E-state index contributed by atoms with van der Waals surface area (Å²) in [5.41, 5.74) is 5.19. The van der Waals surface area contributed by atoms with Crippen molar-refractivity contribution in [3.05, 3.63) is 22.9 Å². The van der Waals surface area contributed by atoms with E-state index in [0.29, 0.717) is 12.8 Å². The molecule has 92 valence electrons. The molecule has 1 unspecified atom stereocenters. The van der Waals surface area contributed by atoms with E-state index in [4.69, 9.17) is 5.73 Å². The SMILES string of the molecule is C/C=C1/CC(C)(CC)C(C#N)(C#N)C(N)=C1C#N. The predicted molar refractivity (Wildman–Crippen MR) is 67.3 cm³/mol. The molecule has 1 aliphatic rings. The summed E-state index contributed by atoms with van der Waals surface area (Å²) in [4.78, 5) is 0. The third kappa shape index (κ3) is 1.49. The van der Waals surface area contributed by atoms with Crippen LogP contribution < -0.4 is 5.73 Å². The van der Waals surface area contributed by atoms with Crippen molar-refractivity contribution in [3.8, 4) is 18.2 Å². The molecule has 2 N–H and O–H groups in total. The Kier molecular flexibility index (Phi) is 3.49. The van der Waals surface area contributed by atoms with Gasteiger partial charge in [0.15, 0.2) is 5.41 Å². The highest BCUT2D eigenvalue weighted by molar-refractivity contribution is 5.55. The van der Waals surface area contributed by atoms with E-state index in [1.807, 2.05) is 45.1 Å². The molecule has 1 atom stereocenters. The summed E-state index contributed by atoms with van der Waals surface area (Å²) in [7, 11) is 0. The smallest absolute Gasteiger partial charge is 0.189 e. The van der Waals surface area contributed by atoms with Gasteiger partial charge in [0.05, 0.1) is 23.4 Å². The van der Waals surface area contributed by atoms with Crippen LogP contribution in [0.1, 0.15) is 33.6 Å². The van der Waals surface area contributed by atoms with Crippen LogP contribution in [0.25, 0.3) is 0 Å². The molecule has 0 fully saturated rings. The Labute approximate surface area is 108 Å². The Morgan fingerprint density at radius 3 is 2.22 bits per heavy atom. The van der Waals surface area contributed by atoms with Gasteiger partial charge in [0.1, 0.15) is 6.07 Å². The van der Waals surface area contributed by atoms with Crippen molar-refractivity contribution in [2.75, 3.05) is 0 Å². The molecule has 0 aromatic rings. The minimum absolute atomic E-state index is 0.0960. The monoisotopic (exact) mass is 240 g/mol. The molecule has 0 aromatic carbocycles. The lowest BCUT2D eigenvalue weighted by Gasteiger charge is -2.43. The van der Waals surface area contributed by atoms with Gasteiger partial charge >= 0.3 is 0 Å². The van der Waals surface area contributed by atoms with Gasteiger partial charge in [-0.25, -0.2) is 0 Å². The highest BCUT2D eigenvalue weighted by Crippen LogP contribution is 2.54. The second-order valence-corrected chi connectivity index (χ2v) is 4.78. The van der Waals surface area contributed by atoms with E-state index in [-0.39, 0.29) is 11.3 Å². The quantitative estimate of drug-likeness (QED) is 0.761. The molecule has 18 heavy (non-hydrogen) atoms. The van der Waals surface area contributed by atoms with Crippen LogP contribution >= 0.6 is 0 Å². The number of nitrogens with two attached hydrogens (primary N) is 1. The van der Waals surface area contributed by atoms with Crippen LogP contribution in [0.4, 0.5) is 0 Å². The molecule has 0 bridgehead atoms. The van der Waals surface area contributed by atoms with Crippen LogP contribution in [-0.2, 0) is 0 Å². The maximum absolute atomic E-state index is 9.44. The summed E-state index contributed by atoms with van der Waals surface area (Å²) in [6, 6.07) is 6.11. The molecule has 0 saturated carbocycles. The molecule has 1 rings (SSSR count). The van der Waals surface area contributed by atoms with Gasteiger partial charge < -0.3 is 5.73 Å². The van der Waals surface area contributed by atoms with Gasteiger partial charge in [0, 0.05) is 5.41 Å². The molecule has 0 aliphatic heterocycles. The second-order valence-electron chi connectivity index (χ2n) is 4.78. The normalized spacial score (nSPS) is 28.3. The average Bonchev–Trinajstić information content (AvgIpc) is 2.39. The highest BCUT2D eigenvalue weighted by atomic mass is 14.7. The molecule has 4 nitrogen and oxygen atoms in total. The number of nitrogens with zero attached hydrogens (tertiary/aromatic N) is 3. The van der Waals surface area contributed by atoms with Gasteiger partial charge in [-0.2, -0.15) is 15.8 Å². The van der Waals surface area contributed by atoms with Crippen LogP contribution in [0, 0.1) is 44.8 Å². The Hall–Kier alpha value is -2.25. The first-order valence-electron chi connectivity index (χ1n) is 5.84. The zero-order valence-corrected chi connectivity index (χ0v) is 10.9. The van der Waals surface area contributed by atoms with E-state index in [1.165, 1.54) is 0 Å². The van der Waals surface area contributed by atoms with E-state index < -0.39 is 10.8 Å². The largest absolute Gasteiger partial charge is 0.399 e. The topological polar surface area (TPSA) is 97.4 Å². The summed E-state index contributed by atoms with van der Waals surface area (Å²) in [5.74, 6) is 0. The molecular weight excluding hydrogens is 224 g/mol. The Balaban J connectivity index is 3.73. The Morgan fingerprint density at radius 1 is 1.33 bits per heavy atom. The fraction of sp³-hybridized carbons (Fsp3) is 0.500. The predicted octanol–water partition coefficient (Wildman–Crippen LogP) is 2.52. The fourth-order valence-electron chi connectivity index (χ4n) is 2.51. The Morgan fingerprint density at radius 2 is 1.89 bits per heavy atom. The molecule has 4 heteroatoms. The molecule has 1 aliphatic carbocycles. The average molecular weight is 240 g/mol. The third-order valence-electron chi connectivity index (χ3n) is 4.06. The van der Waals surface area contributed by atoms with Gasteiger partial charge in [-0.15, -0.1) is 0 Å². The molecule has 0 amide bonds. The zero-order valence-electron chi connectivity index (χ0n) is 10.9. The van der Waals surface area contributed by atoms with Gasteiger partial charge in [0.2, 0.25) is 0 Å². The van der Waals surface area contributed by atoms with Crippen molar-refractivity contribution in [2.45, 2.75) is 33.6 Å². The second kappa shape index (κ2) is 4.55. The summed E-state index contributed by atoms with van der Waals surface area (Å²) in [5, 5.41) is 28.1. The molecule has 0 aromatic heterocycles.